The predicted molar refractivity (Wildman–Crippen MR) is 310 cm³/mol. The molecule has 8 aromatic rings. The van der Waals surface area contributed by atoms with Crippen LogP contribution >= 0.6 is 46.4 Å². The van der Waals surface area contributed by atoms with Crippen molar-refractivity contribution in [3.63, 3.8) is 0 Å². The number of pyridine rings is 4. The average Bonchev–Trinajstić information content (AvgIpc) is 3.47. The van der Waals surface area contributed by atoms with Crippen LogP contribution in [0.4, 0.5) is 4.39 Å². The molecule has 81 heavy (non-hydrogen) atoms. The number of halogens is 5. The zero-order chi connectivity index (χ0) is 57.7. The lowest BCUT2D eigenvalue weighted by atomic mass is 10.2. The Morgan fingerprint density at radius 2 is 0.877 bits per heavy atom. The summed E-state index contributed by atoms with van der Waals surface area (Å²) in [6.45, 7) is 0.241. The minimum absolute atomic E-state index is 0.0701. The van der Waals surface area contributed by atoms with Gasteiger partial charge in [0.05, 0.1) is 29.8 Å². The van der Waals surface area contributed by atoms with Gasteiger partial charge in [0.2, 0.25) is 0 Å². The van der Waals surface area contributed by atoms with Gasteiger partial charge in [-0.3, -0.25) is 14.4 Å². The number of rotatable bonds is 12. The Bertz CT molecular complexity index is 3590. The van der Waals surface area contributed by atoms with Crippen LogP contribution in [0, 0.1) is 53.2 Å². The summed E-state index contributed by atoms with van der Waals surface area (Å²) in [5, 5.41) is 1.95. The van der Waals surface area contributed by atoms with Gasteiger partial charge in [0.25, 0.3) is 0 Å². The number of benzene rings is 4. The van der Waals surface area contributed by atoms with E-state index in [1.54, 1.807) is 116 Å². The van der Waals surface area contributed by atoms with Gasteiger partial charge in [-0.1, -0.05) is 119 Å². The molecule has 406 valence electrons. The van der Waals surface area contributed by atoms with Gasteiger partial charge >= 0.3 is 23.9 Å². The number of carbonyl (C=O) groups excluding carboxylic acids is 4. The van der Waals surface area contributed by atoms with E-state index in [0.29, 0.717) is 79.2 Å². The van der Waals surface area contributed by atoms with E-state index in [4.69, 9.17) is 65.4 Å². The van der Waals surface area contributed by atoms with Crippen molar-refractivity contribution in [2.24, 2.45) is 0 Å². The van der Waals surface area contributed by atoms with E-state index < -0.39 is 17.8 Å². The van der Waals surface area contributed by atoms with Gasteiger partial charge in [-0.05, 0) is 139 Å². The van der Waals surface area contributed by atoms with Gasteiger partial charge < -0.3 is 18.9 Å². The van der Waals surface area contributed by atoms with Crippen molar-refractivity contribution < 1.29 is 42.5 Å². The number of carbonyl (C=O) groups is 4. The Morgan fingerprint density at radius 3 is 1.35 bits per heavy atom. The van der Waals surface area contributed by atoms with Crippen LogP contribution in [0.5, 0.6) is 17.2 Å². The second kappa shape index (κ2) is 36.7. The zero-order valence-electron chi connectivity index (χ0n) is 43.0. The minimum atomic E-state index is -0.480. The first-order valence-corrected chi connectivity index (χ1v) is 26.0. The van der Waals surface area contributed by atoms with Crippen molar-refractivity contribution in [2.75, 3.05) is 6.61 Å². The number of nitrogens with zero attached hydrogens (tertiary/aromatic N) is 4. The van der Waals surface area contributed by atoms with E-state index in [9.17, 15) is 23.6 Å². The number of esters is 4. The summed E-state index contributed by atoms with van der Waals surface area (Å²) in [5.41, 5.74) is 2.59. The lowest BCUT2D eigenvalue weighted by molar-refractivity contribution is -0.135. The van der Waals surface area contributed by atoms with E-state index in [-0.39, 0.29) is 49.9 Å². The molecule has 0 bridgehead atoms. The Labute approximate surface area is 489 Å². The van der Waals surface area contributed by atoms with Crippen LogP contribution in [0.3, 0.4) is 0 Å². The molecule has 0 aliphatic rings. The third kappa shape index (κ3) is 26.7. The fourth-order valence-corrected chi connectivity index (χ4v) is 6.63. The number of aromatic nitrogens is 4. The van der Waals surface area contributed by atoms with Gasteiger partial charge in [-0.15, -0.1) is 0 Å². The quantitative estimate of drug-likeness (QED) is 0.0494. The maximum atomic E-state index is 13.2. The van der Waals surface area contributed by atoms with Gasteiger partial charge in [0, 0.05) is 65.5 Å². The Balaban J connectivity index is 0.000000198. The normalized spacial score (nSPS) is 9.49. The van der Waals surface area contributed by atoms with Crippen LogP contribution in [0.2, 0.25) is 20.1 Å². The fourth-order valence-electron chi connectivity index (χ4n) is 5.91. The molecule has 12 nitrogen and oxygen atoms in total. The van der Waals surface area contributed by atoms with Crippen molar-refractivity contribution in [1.82, 2.24) is 19.9 Å². The topological polar surface area (TPSA) is 157 Å². The predicted octanol–water partition coefficient (Wildman–Crippen LogP) is 13.9. The van der Waals surface area contributed by atoms with Gasteiger partial charge in [0.15, 0.2) is 5.82 Å². The van der Waals surface area contributed by atoms with E-state index in [1.165, 1.54) is 18.3 Å². The summed E-state index contributed by atoms with van der Waals surface area (Å²) in [4.78, 5) is 62.5. The SMILES string of the molecule is O=C(CCC#Cc1ccccn1)Oc1cccc(Cl)c1.O=C(CCC#Cc1ccccn1)Oc1ccccc1Cl.O=C(CCC#Cc1ncccc1F)Oc1cccc(Cl)c1.O=C(OCCC#Cc1ccccn1)c1cccc(Cl)c1. The fraction of sp³-hybridized carbons (Fsp3) is 0.125. The van der Waals surface area contributed by atoms with E-state index >= 15 is 0 Å². The molecule has 0 saturated carbocycles. The molecular formula is C64H47Cl4FN4O8. The molecule has 4 aromatic heterocycles. The summed E-state index contributed by atoms with van der Waals surface area (Å²) in [6.07, 6.45) is 8.61. The van der Waals surface area contributed by atoms with Crippen LogP contribution in [-0.2, 0) is 19.1 Å². The molecule has 0 atom stereocenters. The van der Waals surface area contributed by atoms with Crippen molar-refractivity contribution in [3.05, 3.63) is 243 Å². The molecule has 0 fully saturated rings. The van der Waals surface area contributed by atoms with Crippen LogP contribution < -0.4 is 14.2 Å². The van der Waals surface area contributed by atoms with Crippen LogP contribution in [-0.4, -0.2) is 50.4 Å². The van der Waals surface area contributed by atoms with Crippen LogP contribution in [0.15, 0.2) is 189 Å². The highest BCUT2D eigenvalue weighted by atomic mass is 35.5. The smallest absolute Gasteiger partial charge is 0.338 e. The van der Waals surface area contributed by atoms with Gasteiger partial charge in [-0.2, -0.15) is 0 Å². The third-order valence-corrected chi connectivity index (χ3v) is 10.6. The van der Waals surface area contributed by atoms with Crippen LogP contribution in [0.1, 0.15) is 78.1 Å². The van der Waals surface area contributed by atoms with E-state index in [1.807, 2.05) is 54.6 Å². The van der Waals surface area contributed by atoms with Crippen molar-refractivity contribution >= 4 is 70.3 Å². The number of para-hydroxylation sites is 1. The highest BCUT2D eigenvalue weighted by molar-refractivity contribution is 6.32. The molecule has 0 aliphatic heterocycles. The largest absolute Gasteiger partial charge is 0.461 e. The highest BCUT2D eigenvalue weighted by Crippen LogP contribution is 2.24. The van der Waals surface area contributed by atoms with Gasteiger partial charge in [-0.25, -0.2) is 29.1 Å². The summed E-state index contributed by atoms with van der Waals surface area (Å²) in [7, 11) is 0. The maximum Gasteiger partial charge on any atom is 0.338 e. The second-order valence-electron chi connectivity index (χ2n) is 15.8. The summed E-state index contributed by atoms with van der Waals surface area (Å²) in [6, 6.07) is 46.1. The Kier molecular flexibility index (Phi) is 28.3. The monoisotopic (exact) mass is 1160 g/mol. The molecule has 0 spiro atoms. The average molecular weight is 1160 g/mol. The molecule has 8 rings (SSSR count). The minimum Gasteiger partial charge on any atom is -0.461 e. The van der Waals surface area contributed by atoms with Gasteiger partial charge in [0.1, 0.15) is 46.6 Å². The van der Waals surface area contributed by atoms with Crippen LogP contribution in [0.25, 0.3) is 0 Å². The van der Waals surface area contributed by atoms with Crippen molar-refractivity contribution in [1.29, 1.82) is 0 Å². The number of hydrogen-bond acceptors (Lipinski definition) is 12. The Hall–Kier alpha value is -9.31. The molecule has 0 amide bonds. The lowest BCUT2D eigenvalue weighted by Gasteiger charge is -2.04. The van der Waals surface area contributed by atoms with E-state index in [2.05, 4.69) is 67.3 Å². The third-order valence-electron chi connectivity index (χ3n) is 9.61. The standard InChI is InChI=1S/C16H11ClFNO2.3C16H12ClNO2/c17-12-5-3-6-13(11-12)21-16(20)9-2-1-8-15-14(18)7-4-10-19-15;17-14-9-2-3-10-15(14)20-16(19)11-4-1-7-13-8-5-6-12-18-13;17-14-7-5-6-13(12-14)16(19)20-11-4-2-9-15-8-1-3-10-18-15;17-13-6-5-9-15(12-13)20-16(19)10-2-1-7-14-8-3-4-11-18-14/h3-7,10-11H,2,9H2;2-3,5-6,8-10,12H,4,11H2;1,3,5-8,10,12H,4,11H2;3-6,8-9,11-12H,2,10H2. The molecule has 0 saturated heterocycles. The first-order chi connectivity index (χ1) is 39.4. The van der Waals surface area contributed by atoms with Crippen molar-refractivity contribution in [3.8, 4) is 64.6 Å². The molecule has 0 N–H and O–H groups in total. The first-order valence-electron chi connectivity index (χ1n) is 24.5. The first kappa shape index (κ1) is 62.5. The van der Waals surface area contributed by atoms with Crippen molar-refractivity contribution in [2.45, 2.75) is 44.9 Å². The lowest BCUT2D eigenvalue weighted by Crippen LogP contribution is -2.07. The summed E-state index contributed by atoms with van der Waals surface area (Å²) >= 11 is 23.3. The molecule has 0 aliphatic carbocycles. The Morgan fingerprint density at radius 1 is 0.432 bits per heavy atom. The zero-order valence-corrected chi connectivity index (χ0v) is 46.0. The number of hydrogen-bond donors (Lipinski definition) is 0. The molecule has 0 unspecified atom stereocenters. The van der Waals surface area contributed by atoms with E-state index in [0.717, 1.165) is 0 Å². The summed E-state index contributed by atoms with van der Waals surface area (Å²) < 4.78 is 33.7. The second-order valence-corrected chi connectivity index (χ2v) is 17.6. The molecule has 17 heteroatoms. The molecule has 0 radical (unpaired) electrons. The summed E-state index contributed by atoms with van der Waals surface area (Å²) in [5.74, 6) is 21.8. The molecule has 4 aromatic carbocycles. The highest BCUT2D eigenvalue weighted by Gasteiger charge is 2.09. The maximum absolute atomic E-state index is 13.2. The molecule has 4 heterocycles. The number of ether oxygens (including phenoxy) is 4. The molecular weight excluding hydrogens is 1110 g/mol.